The maximum Gasteiger partial charge on any atom is 0.237 e. The van der Waals surface area contributed by atoms with Crippen LogP contribution in [0.15, 0.2) is 0 Å². The summed E-state index contributed by atoms with van der Waals surface area (Å²) < 4.78 is 0. The van der Waals surface area contributed by atoms with Gasteiger partial charge in [0.2, 0.25) is 5.91 Å². The van der Waals surface area contributed by atoms with E-state index >= 15 is 0 Å². The highest BCUT2D eigenvalue weighted by Gasteiger charge is 2.28. The van der Waals surface area contributed by atoms with Gasteiger partial charge < -0.3 is 15.7 Å². The Labute approximate surface area is 96.8 Å². The monoisotopic (exact) mass is 226 g/mol. The number of carbonyl (C=O) groups is 1. The Bertz CT molecular complexity index is 239. The van der Waals surface area contributed by atoms with Gasteiger partial charge in [0.05, 0.1) is 6.04 Å². The summed E-state index contributed by atoms with van der Waals surface area (Å²) in [7, 11) is 0. The fourth-order valence-corrected chi connectivity index (χ4v) is 2.89. The van der Waals surface area contributed by atoms with Gasteiger partial charge in [0.1, 0.15) is 0 Å². The zero-order valence-electron chi connectivity index (χ0n) is 9.74. The van der Waals surface area contributed by atoms with Crippen molar-refractivity contribution in [1.82, 2.24) is 10.6 Å². The van der Waals surface area contributed by atoms with E-state index in [9.17, 15) is 9.90 Å². The summed E-state index contributed by atoms with van der Waals surface area (Å²) in [5.41, 5.74) is 0. The van der Waals surface area contributed by atoms with Crippen LogP contribution in [-0.2, 0) is 4.79 Å². The van der Waals surface area contributed by atoms with Crippen LogP contribution < -0.4 is 10.6 Å². The molecule has 3 N–H and O–H groups in total. The molecule has 1 aliphatic carbocycles. The van der Waals surface area contributed by atoms with Crippen molar-refractivity contribution < 1.29 is 9.90 Å². The number of rotatable bonds is 4. The van der Waals surface area contributed by atoms with Gasteiger partial charge in [-0.3, -0.25) is 4.79 Å². The standard InChI is InChI=1S/C12H22N2O2/c15-8-10-4-1-3-9(10)7-14-12(16)11-5-2-6-13-11/h9-11,13,15H,1-8H2,(H,14,16)/t9?,10?,11-/m1/s1. The molecule has 2 rings (SSSR count). The van der Waals surface area contributed by atoms with Gasteiger partial charge in [-0.05, 0) is 44.1 Å². The SMILES string of the molecule is O=C(NCC1CCCC1CO)[C@H]1CCCN1. The molecule has 0 bridgehead atoms. The van der Waals surface area contributed by atoms with Gasteiger partial charge in [-0.25, -0.2) is 0 Å². The largest absolute Gasteiger partial charge is 0.396 e. The van der Waals surface area contributed by atoms with E-state index in [0.29, 0.717) is 11.8 Å². The predicted molar refractivity (Wildman–Crippen MR) is 62.0 cm³/mol. The second kappa shape index (κ2) is 5.64. The maximum atomic E-state index is 11.8. The van der Waals surface area contributed by atoms with E-state index in [0.717, 1.165) is 38.8 Å². The van der Waals surface area contributed by atoms with Crippen molar-refractivity contribution >= 4 is 5.91 Å². The van der Waals surface area contributed by atoms with Gasteiger partial charge in [-0.15, -0.1) is 0 Å². The fourth-order valence-electron chi connectivity index (χ4n) is 2.89. The molecule has 2 fully saturated rings. The van der Waals surface area contributed by atoms with Crippen molar-refractivity contribution in [2.24, 2.45) is 11.8 Å². The first-order chi connectivity index (χ1) is 7.81. The number of carbonyl (C=O) groups excluding carboxylic acids is 1. The van der Waals surface area contributed by atoms with E-state index in [1.54, 1.807) is 0 Å². The quantitative estimate of drug-likeness (QED) is 0.644. The van der Waals surface area contributed by atoms with Crippen LogP contribution in [0.3, 0.4) is 0 Å². The van der Waals surface area contributed by atoms with E-state index in [4.69, 9.17) is 0 Å². The smallest absolute Gasteiger partial charge is 0.237 e. The molecule has 1 saturated carbocycles. The minimum absolute atomic E-state index is 0.0222. The van der Waals surface area contributed by atoms with Crippen LogP contribution in [0.4, 0.5) is 0 Å². The highest BCUT2D eigenvalue weighted by atomic mass is 16.3. The topological polar surface area (TPSA) is 61.4 Å². The number of hydrogen-bond acceptors (Lipinski definition) is 3. The molecule has 0 radical (unpaired) electrons. The number of hydrogen-bond donors (Lipinski definition) is 3. The Balaban J connectivity index is 1.71. The van der Waals surface area contributed by atoms with E-state index in [2.05, 4.69) is 10.6 Å². The first-order valence-corrected chi connectivity index (χ1v) is 6.43. The Morgan fingerprint density at radius 2 is 2.06 bits per heavy atom. The molecule has 0 aromatic carbocycles. The summed E-state index contributed by atoms with van der Waals surface area (Å²) in [5, 5.41) is 15.4. The average Bonchev–Trinajstić information content (AvgIpc) is 2.96. The van der Waals surface area contributed by atoms with Crippen molar-refractivity contribution in [2.75, 3.05) is 19.7 Å². The Morgan fingerprint density at radius 1 is 1.25 bits per heavy atom. The summed E-state index contributed by atoms with van der Waals surface area (Å²) in [5.74, 6) is 1.02. The molecular weight excluding hydrogens is 204 g/mol. The zero-order valence-corrected chi connectivity index (χ0v) is 9.74. The number of amides is 1. The first-order valence-electron chi connectivity index (χ1n) is 6.43. The van der Waals surface area contributed by atoms with Crippen molar-refractivity contribution in [3.63, 3.8) is 0 Å². The molecular formula is C12H22N2O2. The highest BCUT2D eigenvalue weighted by Crippen LogP contribution is 2.30. The minimum atomic E-state index is 0.0222. The van der Waals surface area contributed by atoms with Crippen LogP contribution in [0, 0.1) is 11.8 Å². The third-order valence-corrected chi connectivity index (χ3v) is 3.97. The lowest BCUT2D eigenvalue weighted by Gasteiger charge is -2.19. The summed E-state index contributed by atoms with van der Waals surface area (Å²) >= 11 is 0. The van der Waals surface area contributed by atoms with Gasteiger partial charge in [0.15, 0.2) is 0 Å². The van der Waals surface area contributed by atoms with Crippen molar-refractivity contribution in [2.45, 2.75) is 38.1 Å². The molecule has 1 heterocycles. The number of aliphatic hydroxyl groups is 1. The second-order valence-corrected chi connectivity index (χ2v) is 5.03. The van der Waals surface area contributed by atoms with Crippen molar-refractivity contribution in [3.05, 3.63) is 0 Å². The van der Waals surface area contributed by atoms with Gasteiger partial charge in [0, 0.05) is 13.2 Å². The van der Waals surface area contributed by atoms with Gasteiger partial charge >= 0.3 is 0 Å². The summed E-state index contributed by atoms with van der Waals surface area (Å²) in [6.07, 6.45) is 5.50. The van der Waals surface area contributed by atoms with E-state index in [-0.39, 0.29) is 18.6 Å². The van der Waals surface area contributed by atoms with Crippen LogP contribution in [0.1, 0.15) is 32.1 Å². The molecule has 2 aliphatic rings. The molecule has 16 heavy (non-hydrogen) atoms. The van der Waals surface area contributed by atoms with Crippen molar-refractivity contribution in [1.29, 1.82) is 0 Å². The molecule has 0 aromatic heterocycles. The molecule has 4 nitrogen and oxygen atoms in total. The lowest BCUT2D eigenvalue weighted by Crippen LogP contribution is -2.42. The van der Waals surface area contributed by atoms with Crippen LogP contribution in [0.2, 0.25) is 0 Å². The number of aliphatic hydroxyl groups excluding tert-OH is 1. The third kappa shape index (κ3) is 2.74. The van der Waals surface area contributed by atoms with E-state index in [1.165, 1.54) is 6.42 Å². The molecule has 1 amide bonds. The van der Waals surface area contributed by atoms with E-state index in [1.807, 2.05) is 0 Å². The summed E-state index contributed by atoms with van der Waals surface area (Å²) in [6.45, 7) is 1.96. The fraction of sp³-hybridized carbons (Fsp3) is 0.917. The number of nitrogens with one attached hydrogen (secondary N) is 2. The van der Waals surface area contributed by atoms with Crippen LogP contribution in [0.5, 0.6) is 0 Å². The minimum Gasteiger partial charge on any atom is -0.396 e. The van der Waals surface area contributed by atoms with E-state index < -0.39 is 0 Å². The van der Waals surface area contributed by atoms with Gasteiger partial charge in [-0.2, -0.15) is 0 Å². The first kappa shape index (κ1) is 11.9. The summed E-state index contributed by atoms with van der Waals surface area (Å²) in [6, 6.07) is 0.0222. The molecule has 3 atom stereocenters. The van der Waals surface area contributed by atoms with Gasteiger partial charge in [-0.1, -0.05) is 6.42 Å². The second-order valence-electron chi connectivity index (χ2n) is 5.03. The van der Waals surface area contributed by atoms with Crippen LogP contribution in [0.25, 0.3) is 0 Å². The highest BCUT2D eigenvalue weighted by molar-refractivity contribution is 5.81. The molecule has 1 aliphatic heterocycles. The average molecular weight is 226 g/mol. The molecule has 0 aromatic rings. The third-order valence-electron chi connectivity index (χ3n) is 3.97. The normalized spacial score (nSPS) is 34.2. The lowest BCUT2D eigenvalue weighted by atomic mass is 9.97. The molecule has 1 saturated heterocycles. The summed E-state index contributed by atoms with van der Waals surface area (Å²) in [4.78, 5) is 11.8. The maximum absolute atomic E-state index is 11.8. The van der Waals surface area contributed by atoms with Crippen molar-refractivity contribution in [3.8, 4) is 0 Å². The predicted octanol–water partition coefficient (Wildman–Crippen LogP) is 0.263. The molecule has 0 spiro atoms. The van der Waals surface area contributed by atoms with Crippen LogP contribution >= 0.6 is 0 Å². The molecule has 92 valence electrons. The lowest BCUT2D eigenvalue weighted by molar-refractivity contribution is -0.123. The van der Waals surface area contributed by atoms with Gasteiger partial charge in [0.25, 0.3) is 0 Å². The Morgan fingerprint density at radius 3 is 2.75 bits per heavy atom. The Hall–Kier alpha value is -0.610. The van der Waals surface area contributed by atoms with Crippen LogP contribution in [-0.4, -0.2) is 36.8 Å². The zero-order chi connectivity index (χ0) is 11.4. The Kier molecular flexibility index (Phi) is 4.18. The molecule has 2 unspecified atom stereocenters. The molecule has 4 heteroatoms.